The van der Waals surface area contributed by atoms with Gasteiger partial charge in [-0.3, -0.25) is 4.79 Å². The number of hydrogen-bond acceptors (Lipinski definition) is 3. The van der Waals surface area contributed by atoms with Crippen LogP contribution >= 0.6 is 11.6 Å². The van der Waals surface area contributed by atoms with E-state index in [0.717, 1.165) is 19.3 Å². The van der Waals surface area contributed by atoms with Gasteiger partial charge >= 0.3 is 5.97 Å². The number of ether oxygens (including phenoxy) is 1. The van der Waals surface area contributed by atoms with Crippen LogP contribution in [0.25, 0.3) is 0 Å². The van der Waals surface area contributed by atoms with Gasteiger partial charge in [0.2, 0.25) is 0 Å². The van der Waals surface area contributed by atoms with Crippen molar-refractivity contribution in [2.45, 2.75) is 24.7 Å². The van der Waals surface area contributed by atoms with Crippen molar-refractivity contribution >= 4 is 23.5 Å². The topological polar surface area (TPSA) is 55.4 Å². The average Bonchev–Trinajstić information content (AvgIpc) is 2.61. The molecule has 1 N–H and O–H groups in total. The minimum atomic E-state index is -0.453. The molecule has 1 aliphatic rings. The summed E-state index contributed by atoms with van der Waals surface area (Å²) in [4.78, 5) is 24.1. The first-order valence-corrected chi connectivity index (χ1v) is 8.64. The molecule has 0 heterocycles. The van der Waals surface area contributed by atoms with Gasteiger partial charge in [0.15, 0.2) is 0 Å². The highest BCUT2D eigenvalue weighted by molar-refractivity contribution is 6.30. The Kier molecular flexibility index (Phi) is 5.09. The largest absolute Gasteiger partial charge is 0.465 e. The fourth-order valence-electron chi connectivity index (χ4n) is 3.23. The summed E-state index contributed by atoms with van der Waals surface area (Å²) in [7, 11) is 1.32. The van der Waals surface area contributed by atoms with Crippen molar-refractivity contribution in [3.63, 3.8) is 0 Å². The Balaban J connectivity index is 1.71. The number of methoxy groups -OCH3 is 1. The Hall–Kier alpha value is -2.33. The summed E-state index contributed by atoms with van der Waals surface area (Å²) in [5.41, 5.74) is 1.99. The summed E-state index contributed by atoms with van der Waals surface area (Å²) in [6.45, 7) is 0.565. The minimum absolute atomic E-state index is 0.0276. The van der Waals surface area contributed by atoms with Crippen molar-refractivity contribution in [3.8, 4) is 0 Å². The molecule has 25 heavy (non-hydrogen) atoms. The molecule has 130 valence electrons. The highest BCUT2D eigenvalue weighted by atomic mass is 35.5. The molecule has 0 bridgehead atoms. The molecule has 5 heteroatoms. The second-order valence-electron chi connectivity index (χ2n) is 6.40. The molecule has 0 saturated heterocycles. The molecule has 2 aromatic carbocycles. The van der Waals surface area contributed by atoms with Gasteiger partial charge in [-0.15, -0.1) is 0 Å². The third-order valence-corrected chi connectivity index (χ3v) is 5.15. The number of halogens is 1. The SMILES string of the molecule is COC(=O)c1cccc(C(=O)NCC2(c3ccc(Cl)cc3)CCC2)c1. The summed E-state index contributed by atoms with van der Waals surface area (Å²) in [6, 6.07) is 14.4. The molecule has 0 aromatic heterocycles. The van der Waals surface area contributed by atoms with Crippen LogP contribution in [-0.2, 0) is 10.2 Å². The van der Waals surface area contributed by atoms with Gasteiger partial charge < -0.3 is 10.1 Å². The fourth-order valence-corrected chi connectivity index (χ4v) is 3.36. The smallest absolute Gasteiger partial charge is 0.337 e. The van der Waals surface area contributed by atoms with E-state index < -0.39 is 5.97 Å². The van der Waals surface area contributed by atoms with E-state index in [-0.39, 0.29) is 11.3 Å². The summed E-state index contributed by atoms with van der Waals surface area (Å²) in [6.07, 6.45) is 3.23. The Labute approximate surface area is 152 Å². The standard InChI is InChI=1S/C20H20ClNO3/c1-25-19(24)15-5-2-4-14(12-15)18(23)22-13-20(10-3-11-20)16-6-8-17(21)9-7-16/h2,4-9,12H,3,10-11,13H2,1H3,(H,22,23). The maximum absolute atomic E-state index is 12.5. The van der Waals surface area contributed by atoms with Crippen molar-refractivity contribution in [3.05, 3.63) is 70.2 Å². The van der Waals surface area contributed by atoms with E-state index in [9.17, 15) is 9.59 Å². The Morgan fingerprint density at radius 3 is 2.40 bits per heavy atom. The molecule has 0 aliphatic heterocycles. The zero-order valence-corrected chi connectivity index (χ0v) is 14.8. The molecule has 1 amide bonds. The van der Waals surface area contributed by atoms with Crippen molar-refractivity contribution in [1.82, 2.24) is 5.32 Å². The van der Waals surface area contributed by atoms with Crippen LogP contribution < -0.4 is 5.32 Å². The van der Waals surface area contributed by atoms with Gasteiger partial charge in [0, 0.05) is 22.5 Å². The lowest BCUT2D eigenvalue weighted by Crippen LogP contribution is -2.45. The first-order valence-electron chi connectivity index (χ1n) is 8.27. The van der Waals surface area contributed by atoms with Crippen molar-refractivity contribution in [1.29, 1.82) is 0 Å². The molecule has 0 radical (unpaired) electrons. The molecule has 1 aliphatic carbocycles. The summed E-state index contributed by atoms with van der Waals surface area (Å²) in [5, 5.41) is 3.73. The molecule has 4 nitrogen and oxygen atoms in total. The minimum Gasteiger partial charge on any atom is -0.465 e. The highest BCUT2D eigenvalue weighted by Crippen LogP contribution is 2.43. The molecule has 0 atom stereocenters. The molecule has 0 unspecified atom stereocenters. The van der Waals surface area contributed by atoms with Gasteiger partial charge in [0.25, 0.3) is 5.91 Å². The quantitative estimate of drug-likeness (QED) is 0.823. The Morgan fingerprint density at radius 2 is 1.80 bits per heavy atom. The lowest BCUT2D eigenvalue weighted by molar-refractivity contribution is 0.0600. The van der Waals surface area contributed by atoms with Crippen LogP contribution in [0.15, 0.2) is 48.5 Å². The van der Waals surface area contributed by atoms with E-state index in [1.165, 1.54) is 12.7 Å². The van der Waals surface area contributed by atoms with Gasteiger partial charge in [-0.25, -0.2) is 4.79 Å². The monoisotopic (exact) mass is 357 g/mol. The number of hydrogen-bond donors (Lipinski definition) is 1. The van der Waals surface area contributed by atoms with E-state index in [1.807, 2.05) is 24.3 Å². The molecule has 2 aromatic rings. The van der Waals surface area contributed by atoms with Crippen LogP contribution in [0.4, 0.5) is 0 Å². The summed E-state index contributed by atoms with van der Waals surface area (Å²) >= 11 is 5.98. The van der Waals surface area contributed by atoms with Crippen LogP contribution in [0.1, 0.15) is 45.5 Å². The van der Waals surface area contributed by atoms with E-state index in [0.29, 0.717) is 22.7 Å². The normalized spacial score (nSPS) is 15.1. The molecule has 1 fully saturated rings. The molecule has 3 rings (SSSR count). The Bertz CT molecular complexity index is 782. The van der Waals surface area contributed by atoms with Crippen LogP contribution in [0.5, 0.6) is 0 Å². The predicted molar refractivity (Wildman–Crippen MR) is 97.1 cm³/mol. The fraction of sp³-hybridized carbons (Fsp3) is 0.300. The maximum atomic E-state index is 12.5. The first-order chi connectivity index (χ1) is 12.0. The van der Waals surface area contributed by atoms with Crippen LogP contribution in [0, 0.1) is 0 Å². The van der Waals surface area contributed by atoms with E-state index >= 15 is 0 Å². The van der Waals surface area contributed by atoms with Crippen LogP contribution in [0.3, 0.4) is 0 Å². The summed E-state index contributed by atoms with van der Waals surface area (Å²) < 4.78 is 4.70. The van der Waals surface area contributed by atoms with Crippen molar-refractivity contribution < 1.29 is 14.3 Å². The molecule has 1 saturated carbocycles. The molecular formula is C20H20ClNO3. The number of carbonyl (C=O) groups excluding carboxylic acids is 2. The third-order valence-electron chi connectivity index (χ3n) is 4.90. The van der Waals surface area contributed by atoms with Crippen LogP contribution in [0.2, 0.25) is 5.02 Å². The lowest BCUT2D eigenvalue weighted by Gasteiger charge is -2.42. The summed E-state index contributed by atoms with van der Waals surface area (Å²) in [5.74, 6) is -0.641. The molecule has 0 spiro atoms. The van der Waals surface area contributed by atoms with E-state index in [1.54, 1.807) is 24.3 Å². The zero-order valence-electron chi connectivity index (χ0n) is 14.0. The Morgan fingerprint density at radius 1 is 1.12 bits per heavy atom. The van der Waals surface area contributed by atoms with Gasteiger partial charge in [-0.05, 0) is 48.7 Å². The first kappa shape index (κ1) is 17.5. The number of amides is 1. The number of rotatable bonds is 5. The van der Waals surface area contributed by atoms with Gasteiger partial charge in [0.1, 0.15) is 0 Å². The van der Waals surface area contributed by atoms with E-state index in [4.69, 9.17) is 16.3 Å². The van der Waals surface area contributed by atoms with Crippen molar-refractivity contribution in [2.24, 2.45) is 0 Å². The highest BCUT2D eigenvalue weighted by Gasteiger charge is 2.38. The number of carbonyl (C=O) groups is 2. The third kappa shape index (κ3) is 3.69. The molecular weight excluding hydrogens is 338 g/mol. The van der Waals surface area contributed by atoms with Crippen LogP contribution in [-0.4, -0.2) is 25.5 Å². The van der Waals surface area contributed by atoms with Gasteiger partial charge in [-0.1, -0.05) is 36.2 Å². The predicted octanol–water partition coefficient (Wildman–Crippen LogP) is 3.98. The lowest BCUT2D eigenvalue weighted by atomic mass is 9.64. The zero-order chi connectivity index (χ0) is 17.9. The van der Waals surface area contributed by atoms with E-state index in [2.05, 4.69) is 5.32 Å². The number of benzene rings is 2. The maximum Gasteiger partial charge on any atom is 0.337 e. The second-order valence-corrected chi connectivity index (χ2v) is 6.83. The van der Waals surface area contributed by atoms with Gasteiger partial charge in [0.05, 0.1) is 12.7 Å². The van der Waals surface area contributed by atoms with Crippen molar-refractivity contribution in [2.75, 3.05) is 13.7 Å². The number of esters is 1. The van der Waals surface area contributed by atoms with Gasteiger partial charge in [-0.2, -0.15) is 0 Å². The number of nitrogens with one attached hydrogen (secondary N) is 1. The average molecular weight is 358 g/mol. The second kappa shape index (κ2) is 7.28.